The van der Waals surface area contributed by atoms with E-state index in [1.165, 1.54) is 56.6 Å². The maximum atomic E-state index is 6.66. The van der Waals surface area contributed by atoms with E-state index >= 15 is 0 Å². The van der Waals surface area contributed by atoms with E-state index in [1.54, 1.807) is 0 Å². The van der Waals surface area contributed by atoms with Crippen LogP contribution in [0.5, 0.6) is 0 Å². The quantitative estimate of drug-likeness (QED) is 0.140. The van der Waals surface area contributed by atoms with E-state index in [4.69, 9.17) is 4.42 Å². The van der Waals surface area contributed by atoms with Gasteiger partial charge in [0.25, 0.3) is 0 Å². The monoisotopic (exact) mass is 645 g/mol. The molecule has 7 aromatic carbocycles. The Morgan fingerprint density at radius 2 is 1.28 bits per heavy atom. The summed E-state index contributed by atoms with van der Waals surface area (Å²) in [5, 5.41) is 7.16. The number of allylic oxidation sites excluding steroid dienone is 2. The van der Waals surface area contributed by atoms with Gasteiger partial charge in [0.2, 0.25) is 0 Å². The van der Waals surface area contributed by atoms with E-state index in [0.29, 0.717) is 5.92 Å². The van der Waals surface area contributed by atoms with E-state index in [2.05, 4.69) is 171 Å². The number of benzene rings is 7. The molecule has 50 heavy (non-hydrogen) atoms. The van der Waals surface area contributed by atoms with Gasteiger partial charge in [-0.05, 0) is 92.9 Å². The molecule has 2 aliphatic carbocycles. The van der Waals surface area contributed by atoms with Gasteiger partial charge in [0.05, 0.1) is 11.4 Å². The summed E-state index contributed by atoms with van der Waals surface area (Å²) < 4.78 is 6.66. The first kappa shape index (κ1) is 29.3. The van der Waals surface area contributed by atoms with Gasteiger partial charge < -0.3 is 9.32 Å². The van der Waals surface area contributed by atoms with Crippen LogP contribution in [0.1, 0.15) is 44.7 Å². The van der Waals surface area contributed by atoms with Gasteiger partial charge in [-0.25, -0.2) is 0 Å². The Bertz CT molecular complexity index is 2660. The minimum absolute atomic E-state index is 0.111. The molecule has 8 aromatic rings. The van der Waals surface area contributed by atoms with Crippen molar-refractivity contribution >= 4 is 60.5 Å². The van der Waals surface area contributed by atoms with E-state index in [0.717, 1.165) is 39.0 Å². The van der Waals surface area contributed by atoms with Gasteiger partial charge in [-0.1, -0.05) is 142 Å². The standard InChI is InChI=1S/C48H39NO/c1-47(2)41-29-32(24-27-40(41)48(3)28-11-10-21-45(47)48)31-22-25-34(26-23-31)49(42-19-12-18-39-38-17-8-9-20-44(38)50-46(39)42)43-30-33-13-4-5-14-35(33)36-15-6-7-16-37(36)43/h4-9,11-20,22-30,45H,10,21H2,1-3H3. The van der Waals surface area contributed by atoms with Crippen LogP contribution in [0.15, 0.2) is 156 Å². The predicted octanol–water partition coefficient (Wildman–Crippen LogP) is 13.5. The fourth-order valence-corrected chi connectivity index (χ4v) is 9.65. The van der Waals surface area contributed by atoms with E-state index in [1.807, 2.05) is 6.07 Å². The van der Waals surface area contributed by atoms with Crippen LogP contribution in [0.25, 0.3) is 54.6 Å². The minimum atomic E-state index is 0.111. The molecule has 2 aliphatic rings. The van der Waals surface area contributed by atoms with Gasteiger partial charge in [-0.15, -0.1) is 0 Å². The third-order valence-electron chi connectivity index (χ3n) is 12.0. The highest BCUT2D eigenvalue weighted by atomic mass is 16.3. The van der Waals surface area contributed by atoms with Crippen molar-refractivity contribution in [1.29, 1.82) is 0 Å². The lowest BCUT2D eigenvalue weighted by atomic mass is 9.65. The Kier molecular flexibility index (Phi) is 6.28. The smallest absolute Gasteiger partial charge is 0.159 e. The summed E-state index contributed by atoms with van der Waals surface area (Å²) in [6.45, 7) is 7.36. The Labute approximate surface area is 293 Å². The molecular weight excluding hydrogens is 607 g/mol. The second kappa shape index (κ2) is 10.7. The molecule has 2 unspecified atom stereocenters. The van der Waals surface area contributed by atoms with Crippen molar-refractivity contribution in [2.45, 2.75) is 44.4 Å². The van der Waals surface area contributed by atoms with Crippen LogP contribution < -0.4 is 4.90 Å². The molecule has 0 bridgehead atoms. The molecule has 0 N–H and O–H groups in total. The predicted molar refractivity (Wildman–Crippen MR) is 211 cm³/mol. The Hall–Kier alpha value is -5.60. The molecule has 0 radical (unpaired) electrons. The van der Waals surface area contributed by atoms with Crippen LogP contribution in [-0.2, 0) is 10.8 Å². The van der Waals surface area contributed by atoms with Crippen molar-refractivity contribution in [2.75, 3.05) is 4.90 Å². The summed E-state index contributed by atoms with van der Waals surface area (Å²) in [5.74, 6) is 0.624. The van der Waals surface area contributed by atoms with Crippen molar-refractivity contribution in [3.05, 3.63) is 163 Å². The van der Waals surface area contributed by atoms with Gasteiger partial charge >= 0.3 is 0 Å². The average Bonchev–Trinajstić information content (AvgIpc) is 3.62. The van der Waals surface area contributed by atoms with E-state index in [9.17, 15) is 0 Å². The number of fused-ring (bicyclic) bond motifs is 9. The number of furan rings is 1. The summed E-state index contributed by atoms with van der Waals surface area (Å²) >= 11 is 0. The van der Waals surface area contributed by atoms with Crippen molar-refractivity contribution in [3.8, 4) is 11.1 Å². The lowest BCUT2D eigenvalue weighted by molar-refractivity contribution is 0.238. The van der Waals surface area contributed by atoms with Gasteiger partial charge in [-0.2, -0.15) is 0 Å². The Morgan fingerprint density at radius 1 is 0.580 bits per heavy atom. The molecule has 2 heteroatoms. The molecule has 10 rings (SSSR count). The van der Waals surface area contributed by atoms with Crippen LogP contribution in [-0.4, -0.2) is 0 Å². The lowest BCUT2D eigenvalue weighted by Crippen LogP contribution is -2.36. The van der Waals surface area contributed by atoms with Gasteiger partial charge in [-0.3, -0.25) is 0 Å². The van der Waals surface area contributed by atoms with Crippen molar-refractivity contribution in [2.24, 2.45) is 5.92 Å². The number of para-hydroxylation sites is 2. The first-order valence-corrected chi connectivity index (χ1v) is 18.0. The maximum Gasteiger partial charge on any atom is 0.159 e. The molecule has 242 valence electrons. The largest absolute Gasteiger partial charge is 0.454 e. The van der Waals surface area contributed by atoms with Crippen molar-refractivity contribution < 1.29 is 4.42 Å². The van der Waals surface area contributed by atoms with Gasteiger partial charge in [0.15, 0.2) is 5.58 Å². The number of hydrogen-bond acceptors (Lipinski definition) is 2. The van der Waals surface area contributed by atoms with Gasteiger partial charge in [0.1, 0.15) is 5.58 Å². The van der Waals surface area contributed by atoms with Crippen LogP contribution in [0.2, 0.25) is 0 Å². The Balaban J connectivity index is 1.16. The zero-order valence-electron chi connectivity index (χ0n) is 28.8. The molecule has 1 aromatic heterocycles. The normalized spacial score (nSPS) is 19.3. The topological polar surface area (TPSA) is 16.4 Å². The molecular formula is C48H39NO. The van der Waals surface area contributed by atoms with Crippen LogP contribution in [0.4, 0.5) is 17.1 Å². The number of rotatable bonds is 4. The highest BCUT2D eigenvalue weighted by Crippen LogP contribution is 2.58. The van der Waals surface area contributed by atoms with Crippen LogP contribution >= 0.6 is 0 Å². The zero-order valence-corrected chi connectivity index (χ0v) is 28.8. The fraction of sp³-hybridized carbons (Fsp3) is 0.167. The third-order valence-corrected chi connectivity index (χ3v) is 12.0. The van der Waals surface area contributed by atoms with Gasteiger partial charge in [0, 0.05) is 27.3 Å². The number of hydrogen-bond donors (Lipinski definition) is 0. The molecule has 0 saturated carbocycles. The van der Waals surface area contributed by atoms with Crippen LogP contribution in [0.3, 0.4) is 0 Å². The second-order valence-electron chi connectivity index (χ2n) is 15.1. The summed E-state index contributed by atoms with van der Waals surface area (Å²) in [5.41, 5.74) is 10.8. The molecule has 0 amide bonds. The van der Waals surface area contributed by atoms with Crippen molar-refractivity contribution in [3.63, 3.8) is 0 Å². The Morgan fingerprint density at radius 3 is 2.12 bits per heavy atom. The van der Waals surface area contributed by atoms with Crippen LogP contribution in [0, 0.1) is 5.92 Å². The lowest BCUT2D eigenvalue weighted by Gasteiger charge is -2.39. The molecule has 0 spiro atoms. The molecule has 1 heterocycles. The second-order valence-corrected chi connectivity index (χ2v) is 15.1. The highest BCUT2D eigenvalue weighted by Gasteiger charge is 2.52. The van der Waals surface area contributed by atoms with Crippen molar-refractivity contribution in [1.82, 2.24) is 0 Å². The molecule has 0 aliphatic heterocycles. The highest BCUT2D eigenvalue weighted by molar-refractivity contribution is 6.16. The molecule has 0 fully saturated rings. The summed E-state index contributed by atoms with van der Waals surface area (Å²) in [7, 11) is 0. The maximum absolute atomic E-state index is 6.66. The minimum Gasteiger partial charge on any atom is -0.454 e. The summed E-state index contributed by atoms with van der Waals surface area (Å²) in [4.78, 5) is 2.40. The average molecular weight is 646 g/mol. The third kappa shape index (κ3) is 4.15. The first-order valence-electron chi connectivity index (χ1n) is 18.0. The SMILES string of the molecule is CC1(C)c2cc(-c3ccc(N(c4cc5ccccc5c5ccccc45)c4cccc5c4oc4ccccc45)cc3)ccc2C2(C)C=CCCC12. The molecule has 0 saturated heterocycles. The molecule has 2 nitrogen and oxygen atoms in total. The molecule has 2 atom stereocenters. The van der Waals surface area contributed by atoms with E-state index < -0.39 is 0 Å². The number of nitrogens with zero attached hydrogens (tertiary/aromatic N) is 1. The van der Waals surface area contributed by atoms with E-state index in [-0.39, 0.29) is 10.8 Å². The zero-order chi connectivity index (χ0) is 33.6. The number of anilines is 3. The fourth-order valence-electron chi connectivity index (χ4n) is 9.65. The first-order chi connectivity index (χ1) is 24.4. The summed E-state index contributed by atoms with van der Waals surface area (Å²) in [6.07, 6.45) is 7.30. The summed E-state index contributed by atoms with van der Waals surface area (Å²) in [6, 6.07) is 51.1.